The van der Waals surface area contributed by atoms with E-state index < -0.39 is 5.91 Å². The number of fused-ring (bicyclic) bond motifs is 2. The number of carbonyl (C=O) groups is 3. The lowest BCUT2D eigenvalue weighted by molar-refractivity contribution is 0.0978. The van der Waals surface area contributed by atoms with E-state index in [2.05, 4.69) is 5.32 Å². The van der Waals surface area contributed by atoms with Gasteiger partial charge in [0.1, 0.15) is 0 Å². The molecule has 0 bridgehead atoms. The molecule has 0 aliphatic heterocycles. The summed E-state index contributed by atoms with van der Waals surface area (Å²) < 4.78 is 0. The Morgan fingerprint density at radius 3 is 2.04 bits per heavy atom. The molecule has 0 fully saturated rings. The maximum atomic E-state index is 13.0. The highest BCUT2D eigenvalue weighted by Crippen LogP contribution is 2.35. The highest BCUT2D eigenvalue weighted by Gasteiger charge is 2.33. The minimum absolute atomic E-state index is 0.166. The van der Waals surface area contributed by atoms with Crippen molar-refractivity contribution in [3.63, 3.8) is 0 Å². The van der Waals surface area contributed by atoms with Gasteiger partial charge in [0.25, 0.3) is 5.91 Å². The predicted molar refractivity (Wildman–Crippen MR) is 104 cm³/mol. The molecular weight excluding hydrogens is 385 g/mol. The van der Waals surface area contributed by atoms with Gasteiger partial charge in [-0.25, -0.2) is 0 Å². The van der Waals surface area contributed by atoms with E-state index in [0.29, 0.717) is 10.6 Å². The monoisotopic (exact) mass is 395 g/mol. The smallest absolute Gasteiger partial charge is 0.255 e. The van der Waals surface area contributed by atoms with Crippen molar-refractivity contribution in [2.45, 2.75) is 0 Å². The number of carbonyl (C=O) groups excluding carboxylic acids is 3. The molecule has 1 aliphatic rings. The van der Waals surface area contributed by atoms with Crippen LogP contribution in [0.5, 0.6) is 0 Å². The number of benzene rings is 3. The summed E-state index contributed by atoms with van der Waals surface area (Å²) >= 11 is 12.0. The van der Waals surface area contributed by atoms with Crippen molar-refractivity contribution in [2.24, 2.45) is 0 Å². The first-order chi connectivity index (χ1) is 13.0. The van der Waals surface area contributed by atoms with Crippen molar-refractivity contribution in [1.29, 1.82) is 0 Å². The van der Waals surface area contributed by atoms with Crippen LogP contribution in [0.2, 0.25) is 10.0 Å². The molecule has 6 heteroatoms. The number of rotatable bonds is 2. The summed E-state index contributed by atoms with van der Waals surface area (Å²) in [4.78, 5) is 38.4. The molecule has 0 radical (unpaired) electrons. The quantitative estimate of drug-likeness (QED) is 0.518. The Bertz CT molecular complexity index is 1120. The van der Waals surface area contributed by atoms with E-state index in [4.69, 9.17) is 23.2 Å². The van der Waals surface area contributed by atoms with Crippen LogP contribution in [0.15, 0.2) is 60.7 Å². The maximum Gasteiger partial charge on any atom is 0.255 e. The van der Waals surface area contributed by atoms with Crippen LogP contribution < -0.4 is 5.32 Å². The Balaban J connectivity index is 1.78. The first-order valence-electron chi connectivity index (χ1n) is 8.05. The minimum Gasteiger partial charge on any atom is -0.321 e. The average Bonchev–Trinajstić information content (AvgIpc) is 2.66. The standard InChI is InChI=1S/C21H11Cl2NO3/c22-12-9-7-11(8-10-12)21(27)24-16-6-2-4-14-18(16)20(26)13-3-1-5-15(23)17(13)19(14)25/h1-10H,(H,24,27). The van der Waals surface area contributed by atoms with Gasteiger partial charge < -0.3 is 5.32 Å². The third kappa shape index (κ3) is 2.93. The van der Waals surface area contributed by atoms with Crippen LogP contribution in [0.3, 0.4) is 0 Å². The Labute approximate surface area is 164 Å². The van der Waals surface area contributed by atoms with E-state index >= 15 is 0 Å². The van der Waals surface area contributed by atoms with Crippen LogP contribution in [0.25, 0.3) is 0 Å². The van der Waals surface area contributed by atoms with Crippen molar-refractivity contribution in [2.75, 3.05) is 5.32 Å². The Morgan fingerprint density at radius 2 is 1.33 bits per heavy atom. The number of ketones is 2. The van der Waals surface area contributed by atoms with E-state index in [1.165, 1.54) is 0 Å². The number of hydrogen-bond acceptors (Lipinski definition) is 3. The second kappa shape index (κ2) is 6.65. The van der Waals surface area contributed by atoms with Gasteiger partial charge in [0.2, 0.25) is 0 Å². The summed E-state index contributed by atoms with van der Waals surface area (Å²) in [6.45, 7) is 0. The van der Waals surface area contributed by atoms with Gasteiger partial charge in [-0.05, 0) is 36.4 Å². The molecule has 0 aromatic heterocycles. The molecule has 132 valence electrons. The van der Waals surface area contributed by atoms with Gasteiger partial charge in [0, 0.05) is 21.7 Å². The van der Waals surface area contributed by atoms with Crippen LogP contribution in [0.1, 0.15) is 42.2 Å². The molecule has 1 aliphatic carbocycles. The van der Waals surface area contributed by atoms with E-state index in [1.54, 1.807) is 60.7 Å². The second-order valence-corrected chi connectivity index (χ2v) is 6.85. The summed E-state index contributed by atoms with van der Waals surface area (Å²) in [5.41, 5.74) is 1.46. The van der Waals surface area contributed by atoms with Gasteiger partial charge in [0.15, 0.2) is 11.6 Å². The van der Waals surface area contributed by atoms with Crippen molar-refractivity contribution in [3.8, 4) is 0 Å². The molecule has 3 aromatic rings. The first-order valence-corrected chi connectivity index (χ1v) is 8.81. The molecule has 4 rings (SSSR count). The third-order valence-corrected chi connectivity index (χ3v) is 4.94. The van der Waals surface area contributed by atoms with Gasteiger partial charge in [-0.2, -0.15) is 0 Å². The maximum absolute atomic E-state index is 13.0. The zero-order valence-corrected chi connectivity index (χ0v) is 15.3. The SMILES string of the molecule is O=C(Nc1cccc2c1C(=O)c1cccc(Cl)c1C2=O)c1ccc(Cl)cc1. The normalized spacial score (nSPS) is 12.4. The summed E-state index contributed by atoms with van der Waals surface area (Å²) in [6.07, 6.45) is 0. The summed E-state index contributed by atoms with van der Waals surface area (Å²) in [5.74, 6) is -1.10. The fraction of sp³-hybridized carbons (Fsp3) is 0. The van der Waals surface area contributed by atoms with E-state index in [-0.39, 0.29) is 44.5 Å². The topological polar surface area (TPSA) is 63.2 Å². The lowest BCUT2D eigenvalue weighted by Crippen LogP contribution is -2.24. The predicted octanol–water partition coefficient (Wildman–Crippen LogP) is 5.02. The zero-order valence-electron chi connectivity index (χ0n) is 13.8. The van der Waals surface area contributed by atoms with Crippen molar-refractivity contribution in [3.05, 3.63) is 98.5 Å². The molecule has 0 saturated heterocycles. The van der Waals surface area contributed by atoms with Gasteiger partial charge >= 0.3 is 0 Å². The number of hydrogen-bond donors (Lipinski definition) is 1. The van der Waals surface area contributed by atoms with Gasteiger partial charge in [-0.3, -0.25) is 14.4 Å². The Kier molecular flexibility index (Phi) is 4.30. The van der Waals surface area contributed by atoms with Crippen LogP contribution in [-0.2, 0) is 0 Å². The molecule has 0 saturated carbocycles. The summed E-state index contributed by atoms with van der Waals surface area (Å²) in [7, 11) is 0. The highest BCUT2D eigenvalue weighted by atomic mass is 35.5. The molecule has 0 unspecified atom stereocenters. The Hall–Kier alpha value is -2.95. The van der Waals surface area contributed by atoms with Crippen LogP contribution in [0.4, 0.5) is 5.69 Å². The molecule has 4 nitrogen and oxygen atoms in total. The lowest BCUT2D eigenvalue weighted by Gasteiger charge is -2.21. The molecule has 0 atom stereocenters. The molecule has 3 aromatic carbocycles. The number of amides is 1. The van der Waals surface area contributed by atoms with E-state index in [9.17, 15) is 14.4 Å². The highest BCUT2D eigenvalue weighted by molar-refractivity contribution is 6.39. The summed E-state index contributed by atoms with van der Waals surface area (Å²) in [5, 5.41) is 3.45. The fourth-order valence-electron chi connectivity index (χ4n) is 3.10. The molecule has 0 spiro atoms. The van der Waals surface area contributed by atoms with E-state index in [0.717, 1.165) is 0 Å². The van der Waals surface area contributed by atoms with Crippen molar-refractivity contribution < 1.29 is 14.4 Å². The molecular formula is C21H11Cl2NO3. The lowest BCUT2D eigenvalue weighted by atomic mass is 9.83. The van der Waals surface area contributed by atoms with Gasteiger partial charge in [-0.15, -0.1) is 0 Å². The second-order valence-electron chi connectivity index (χ2n) is 6.01. The van der Waals surface area contributed by atoms with Crippen molar-refractivity contribution in [1.82, 2.24) is 0 Å². The summed E-state index contributed by atoms with van der Waals surface area (Å²) in [6, 6.07) is 15.9. The van der Waals surface area contributed by atoms with Gasteiger partial charge in [0.05, 0.1) is 21.8 Å². The number of nitrogens with one attached hydrogen (secondary N) is 1. The largest absolute Gasteiger partial charge is 0.321 e. The minimum atomic E-state index is -0.405. The Morgan fingerprint density at radius 1 is 0.741 bits per heavy atom. The zero-order chi connectivity index (χ0) is 19.1. The third-order valence-electron chi connectivity index (χ3n) is 4.38. The first kappa shape index (κ1) is 17.5. The molecule has 27 heavy (non-hydrogen) atoms. The molecule has 0 heterocycles. The van der Waals surface area contributed by atoms with Crippen LogP contribution >= 0.6 is 23.2 Å². The average molecular weight is 396 g/mol. The van der Waals surface area contributed by atoms with E-state index in [1.807, 2.05) is 0 Å². The van der Waals surface area contributed by atoms with Crippen LogP contribution in [0, 0.1) is 0 Å². The molecule has 1 N–H and O–H groups in total. The fourth-order valence-corrected chi connectivity index (χ4v) is 3.49. The van der Waals surface area contributed by atoms with Crippen LogP contribution in [-0.4, -0.2) is 17.5 Å². The number of halogens is 2. The van der Waals surface area contributed by atoms with Gasteiger partial charge in [-0.1, -0.05) is 47.5 Å². The number of anilines is 1. The van der Waals surface area contributed by atoms with Crippen molar-refractivity contribution >= 4 is 46.4 Å². The molecule has 1 amide bonds.